The highest BCUT2D eigenvalue weighted by molar-refractivity contribution is 7.89. The van der Waals surface area contributed by atoms with Crippen LogP contribution in [0.1, 0.15) is 42.9 Å². The quantitative estimate of drug-likeness (QED) is 0.253. The molecule has 2 saturated heterocycles. The molecule has 3 aliphatic heterocycles. The third kappa shape index (κ3) is 8.72. The number of nitrogens with zero attached hydrogens (tertiary/aromatic N) is 3. The van der Waals surface area contributed by atoms with Crippen LogP contribution < -0.4 is 9.46 Å². The zero-order valence-electron chi connectivity index (χ0n) is 23.6. The number of carboxylic acid groups (broad SMARTS) is 2. The van der Waals surface area contributed by atoms with Gasteiger partial charge in [0.2, 0.25) is 10.0 Å². The maximum atomic E-state index is 13.3. The van der Waals surface area contributed by atoms with Crippen LogP contribution in [0.2, 0.25) is 0 Å². The molecule has 41 heavy (non-hydrogen) atoms. The van der Waals surface area contributed by atoms with Crippen molar-refractivity contribution in [3.63, 3.8) is 0 Å². The number of hydrogen-bond donors (Lipinski definition) is 3. The van der Waals surface area contributed by atoms with Gasteiger partial charge in [0.05, 0.1) is 12.9 Å². The fourth-order valence-electron chi connectivity index (χ4n) is 5.71. The number of ether oxygens (including phenoxy) is 1. The van der Waals surface area contributed by atoms with E-state index in [0.29, 0.717) is 24.6 Å². The van der Waals surface area contributed by atoms with E-state index < -0.39 is 32.2 Å². The van der Waals surface area contributed by atoms with Gasteiger partial charge in [-0.1, -0.05) is 6.07 Å². The summed E-state index contributed by atoms with van der Waals surface area (Å²) in [5, 5.41) is 15.6. The Labute approximate surface area is 242 Å². The van der Waals surface area contributed by atoms with Crippen LogP contribution >= 0.6 is 0 Å². The Morgan fingerprint density at radius 3 is 2.41 bits per heavy atom. The molecular weight excluding hydrogens is 576 g/mol. The Bertz CT molecular complexity index is 1320. The van der Waals surface area contributed by atoms with Crippen molar-refractivity contribution in [2.75, 3.05) is 53.1 Å². The summed E-state index contributed by atoms with van der Waals surface area (Å²) in [5.41, 5.74) is 2.59. The highest BCUT2D eigenvalue weighted by atomic mass is 32.2. The standard InChI is InChI=1S/C22H36N4O5S2.C4H4O4/c1-24(2)33(29,30)23-10-5-13-32(27,28)26-11-4-6-18-16-25-12-9-17-14-19(31-3)7-8-20(17)22(25)15-21(18)26;5-3(6)1-2-4(7)8/h7-8,14,18,21-23H,4-6,9-13,15-16H2,1-3H3;1-2H,(H,5,6)(H,7,8)/b;2-1-/t18-,21+,22+;/m1./s1. The summed E-state index contributed by atoms with van der Waals surface area (Å²) in [6, 6.07) is 6.48. The summed E-state index contributed by atoms with van der Waals surface area (Å²) >= 11 is 0. The molecule has 1 aromatic rings. The zero-order chi connectivity index (χ0) is 30.4. The number of aliphatic carboxylic acids is 2. The number of rotatable bonds is 10. The van der Waals surface area contributed by atoms with Crippen molar-refractivity contribution < 1.29 is 41.4 Å². The molecule has 0 bridgehead atoms. The van der Waals surface area contributed by atoms with Gasteiger partial charge in [-0.25, -0.2) is 22.7 Å². The molecule has 0 saturated carbocycles. The number of benzene rings is 1. The number of sulfonamides is 1. The Hall–Kier alpha value is -2.56. The van der Waals surface area contributed by atoms with Gasteiger partial charge in [-0.2, -0.15) is 17.0 Å². The monoisotopic (exact) mass is 616 g/mol. The van der Waals surface area contributed by atoms with Crippen molar-refractivity contribution in [2.24, 2.45) is 5.92 Å². The number of nitrogens with one attached hydrogen (secondary N) is 1. The molecule has 0 unspecified atom stereocenters. The smallest absolute Gasteiger partial charge is 0.328 e. The lowest BCUT2D eigenvalue weighted by atomic mass is 9.77. The van der Waals surface area contributed by atoms with Crippen LogP contribution in [0.3, 0.4) is 0 Å². The summed E-state index contributed by atoms with van der Waals surface area (Å²) in [4.78, 5) is 21.6. The van der Waals surface area contributed by atoms with Crippen LogP contribution in [0.5, 0.6) is 5.75 Å². The normalized spacial score (nSPS) is 23.2. The van der Waals surface area contributed by atoms with Gasteiger partial charge in [0.1, 0.15) is 5.75 Å². The number of carboxylic acids is 2. The first-order chi connectivity index (χ1) is 19.2. The van der Waals surface area contributed by atoms with E-state index in [9.17, 15) is 26.4 Å². The molecular formula is C26H40N4O9S2. The number of piperidine rings is 2. The second kappa shape index (κ2) is 14.1. The van der Waals surface area contributed by atoms with Crippen molar-refractivity contribution >= 4 is 32.2 Å². The average molecular weight is 617 g/mol. The molecule has 4 rings (SSSR count). The van der Waals surface area contributed by atoms with Crippen molar-refractivity contribution in [3.05, 3.63) is 41.5 Å². The third-order valence-electron chi connectivity index (χ3n) is 7.69. The van der Waals surface area contributed by atoms with E-state index in [-0.39, 0.29) is 30.8 Å². The Kier molecular flexibility index (Phi) is 11.3. The molecule has 0 spiro atoms. The fourth-order valence-corrected chi connectivity index (χ4v) is 8.19. The van der Waals surface area contributed by atoms with Crippen LogP contribution in [0.15, 0.2) is 30.4 Å². The van der Waals surface area contributed by atoms with E-state index in [1.54, 1.807) is 11.4 Å². The van der Waals surface area contributed by atoms with Gasteiger partial charge >= 0.3 is 11.9 Å². The van der Waals surface area contributed by atoms with Crippen molar-refractivity contribution in [3.8, 4) is 5.75 Å². The van der Waals surface area contributed by atoms with E-state index in [0.717, 1.165) is 48.8 Å². The lowest BCUT2D eigenvalue weighted by molar-refractivity contribution is -0.134. The molecule has 3 aliphatic rings. The Morgan fingerprint density at radius 2 is 1.80 bits per heavy atom. The molecule has 1 aromatic carbocycles. The van der Waals surface area contributed by atoms with E-state index in [1.807, 2.05) is 6.07 Å². The molecule has 3 atom stereocenters. The van der Waals surface area contributed by atoms with Gasteiger partial charge in [0.25, 0.3) is 10.2 Å². The van der Waals surface area contributed by atoms with Crippen molar-refractivity contribution in [1.82, 2.24) is 18.2 Å². The number of fused-ring (bicyclic) bond motifs is 4. The minimum absolute atomic E-state index is 0.00322. The Morgan fingerprint density at radius 1 is 1.12 bits per heavy atom. The average Bonchev–Trinajstić information content (AvgIpc) is 2.92. The minimum atomic E-state index is -3.55. The molecule has 0 aromatic heterocycles. The highest BCUT2D eigenvalue weighted by Crippen LogP contribution is 2.44. The first-order valence-corrected chi connectivity index (χ1v) is 16.5. The zero-order valence-corrected chi connectivity index (χ0v) is 25.2. The number of carbonyl (C=O) groups is 2. The lowest BCUT2D eigenvalue weighted by Crippen LogP contribution is -2.57. The van der Waals surface area contributed by atoms with Crippen LogP contribution in [0.25, 0.3) is 0 Å². The predicted molar refractivity (Wildman–Crippen MR) is 152 cm³/mol. The van der Waals surface area contributed by atoms with Crippen molar-refractivity contribution in [2.45, 2.75) is 44.2 Å². The van der Waals surface area contributed by atoms with E-state index in [4.69, 9.17) is 14.9 Å². The molecule has 230 valence electrons. The van der Waals surface area contributed by atoms with Gasteiger partial charge in [0.15, 0.2) is 0 Å². The number of hydrogen-bond acceptors (Lipinski definition) is 8. The van der Waals surface area contributed by atoms with Crippen LogP contribution in [0.4, 0.5) is 0 Å². The second-order valence-corrected chi connectivity index (χ2v) is 14.5. The Balaban J connectivity index is 0.000000507. The highest BCUT2D eigenvalue weighted by Gasteiger charge is 2.45. The second-order valence-electron chi connectivity index (χ2n) is 10.5. The van der Waals surface area contributed by atoms with E-state index >= 15 is 0 Å². The molecule has 13 nitrogen and oxygen atoms in total. The van der Waals surface area contributed by atoms with Crippen molar-refractivity contribution in [1.29, 1.82) is 0 Å². The van der Waals surface area contributed by atoms with Gasteiger partial charge in [-0.15, -0.1) is 0 Å². The summed E-state index contributed by atoms with van der Waals surface area (Å²) < 4.78 is 61.0. The molecule has 15 heteroatoms. The van der Waals surface area contributed by atoms with Crippen LogP contribution in [-0.4, -0.2) is 112 Å². The van der Waals surface area contributed by atoms with E-state index in [1.165, 1.54) is 25.2 Å². The molecule has 0 radical (unpaired) electrons. The molecule has 3 N–H and O–H groups in total. The maximum Gasteiger partial charge on any atom is 0.328 e. The SMILES string of the molecule is COc1ccc2c(c1)CCN1C[C@H]3CCCN(S(=O)(=O)CCCNS(=O)(=O)N(C)C)[C@H]3C[C@@H]21.O=C(O)/C=C\C(=O)O. The summed E-state index contributed by atoms with van der Waals surface area (Å²) in [6.07, 6.45) is 5.09. The van der Waals surface area contributed by atoms with Crippen LogP contribution in [-0.2, 0) is 36.2 Å². The van der Waals surface area contributed by atoms with Gasteiger partial charge < -0.3 is 14.9 Å². The summed E-state index contributed by atoms with van der Waals surface area (Å²) in [6.45, 7) is 2.57. The van der Waals surface area contributed by atoms with E-state index in [2.05, 4.69) is 21.8 Å². The van der Waals surface area contributed by atoms with Gasteiger partial charge in [-0.05, 0) is 61.3 Å². The maximum absolute atomic E-state index is 13.3. The molecule has 0 amide bonds. The largest absolute Gasteiger partial charge is 0.497 e. The third-order valence-corrected chi connectivity index (χ3v) is 11.2. The topological polar surface area (TPSA) is 174 Å². The lowest BCUT2D eigenvalue weighted by Gasteiger charge is -2.51. The number of methoxy groups -OCH3 is 1. The van der Waals surface area contributed by atoms with Gasteiger partial charge in [-0.3, -0.25) is 4.90 Å². The summed E-state index contributed by atoms with van der Waals surface area (Å²) in [5.74, 6) is -1.35. The first-order valence-electron chi connectivity index (χ1n) is 13.5. The fraction of sp³-hybridized carbons (Fsp3) is 0.615. The summed E-state index contributed by atoms with van der Waals surface area (Å²) in [7, 11) is -2.45. The molecule has 3 heterocycles. The first kappa shape index (κ1) is 32.9. The predicted octanol–water partition coefficient (Wildman–Crippen LogP) is 0.906. The molecule has 0 aliphatic carbocycles. The van der Waals surface area contributed by atoms with Gasteiger partial charge in [0, 0.05) is 64.5 Å². The minimum Gasteiger partial charge on any atom is -0.497 e. The molecule has 2 fully saturated rings. The van der Waals surface area contributed by atoms with Crippen LogP contribution in [0, 0.1) is 5.92 Å².